The molecule has 0 spiro atoms. The molecule has 1 atom stereocenters. The van der Waals surface area contributed by atoms with E-state index in [1.165, 1.54) is 11.3 Å². The van der Waals surface area contributed by atoms with Crippen molar-refractivity contribution in [2.24, 2.45) is 0 Å². The number of rotatable bonds is 8. The summed E-state index contributed by atoms with van der Waals surface area (Å²) in [5.74, 6) is 0.548. The van der Waals surface area contributed by atoms with Crippen molar-refractivity contribution in [3.05, 3.63) is 76.4 Å². The van der Waals surface area contributed by atoms with Crippen LogP contribution in [0, 0.1) is 6.92 Å². The van der Waals surface area contributed by atoms with Crippen LogP contribution in [-0.4, -0.2) is 53.7 Å². The maximum atomic E-state index is 12.6. The van der Waals surface area contributed by atoms with Crippen LogP contribution in [0.25, 0.3) is 22.0 Å². The number of nitrogens with zero attached hydrogens (tertiary/aromatic N) is 3. The van der Waals surface area contributed by atoms with Gasteiger partial charge in [0.25, 0.3) is 5.91 Å². The maximum Gasteiger partial charge on any atom is 0.258 e. The van der Waals surface area contributed by atoms with Gasteiger partial charge in [-0.3, -0.25) is 14.7 Å². The van der Waals surface area contributed by atoms with Crippen molar-refractivity contribution in [3.8, 4) is 16.9 Å². The van der Waals surface area contributed by atoms with E-state index in [9.17, 15) is 4.79 Å². The number of benzene rings is 2. The molecule has 1 amide bonds. The van der Waals surface area contributed by atoms with Gasteiger partial charge in [0.2, 0.25) is 0 Å². The van der Waals surface area contributed by atoms with Crippen LogP contribution in [0.15, 0.2) is 60.1 Å². The zero-order valence-corrected chi connectivity index (χ0v) is 21.4. The van der Waals surface area contributed by atoms with Gasteiger partial charge in [-0.05, 0) is 49.2 Å². The lowest BCUT2D eigenvalue weighted by atomic mass is 9.98. The van der Waals surface area contributed by atoms with E-state index in [1.54, 1.807) is 6.20 Å². The fraction of sp³-hybridized carbons (Fsp3) is 0.321. The number of carbonyl (C=O) groups excluding carboxylic acids is 1. The summed E-state index contributed by atoms with van der Waals surface area (Å²) in [5, 5.41) is 6.86. The molecule has 1 N–H and O–H groups in total. The molecular formula is C28H30N4O3S. The van der Waals surface area contributed by atoms with Crippen LogP contribution in [0.1, 0.15) is 29.2 Å². The molecule has 4 aromatic rings. The number of hydrogen-bond donors (Lipinski definition) is 1. The minimum absolute atomic E-state index is 0.0531. The molecule has 3 heterocycles. The first-order valence-electron chi connectivity index (χ1n) is 12.2. The maximum absolute atomic E-state index is 12.6. The first kappa shape index (κ1) is 24.4. The lowest BCUT2D eigenvalue weighted by molar-refractivity contribution is -0.123. The van der Waals surface area contributed by atoms with Gasteiger partial charge in [0.1, 0.15) is 10.8 Å². The van der Waals surface area contributed by atoms with E-state index in [1.807, 2.05) is 43.5 Å². The van der Waals surface area contributed by atoms with Crippen molar-refractivity contribution in [2.75, 3.05) is 32.9 Å². The molecule has 36 heavy (non-hydrogen) atoms. The number of hydrogen-bond acceptors (Lipinski definition) is 7. The number of thiazole rings is 1. The highest BCUT2D eigenvalue weighted by molar-refractivity contribution is 7.09. The lowest BCUT2D eigenvalue weighted by Gasteiger charge is -2.27. The van der Waals surface area contributed by atoms with Gasteiger partial charge < -0.3 is 14.8 Å². The van der Waals surface area contributed by atoms with Crippen molar-refractivity contribution in [1.82, 2.24) is 20.2 Å². The van der Waals surface area contributed by atoms with Crippen LogP contribution < -0.4 is 10.1 Å². The minimum Gasteiger partial charge on any atom is -0.483 e. The van der Waals surface area contributed by atoms with Crippen molar-refractivity contribution in [1.29, 1.82) is 0 Å². The second kappa shape index (κ2) is 11.2. The number of amides is 1. The molecule has 2 aromatic carbocycles. The molecule has 0 unspecified atom stereocenters. The minimum atomic E-state index is -0.171. The van der Waals surface area contributed by atoms with E-state index in [2.05, 4.69) is 39.5 Å². The van der Waals surface area contributed by atoms with Crippen molar-refractivity contribution >= 4 is 28.1 Å². The largest absolute Gasteiger partial charge is 0.483 e. The number of fused-ring (bicyclic) bond motifs is 1. The molecule has 7 nitrogen and oxygen atoms in total. The van der Waals surface area contributed by atoms with E-state index < -0.39 is 0 Å². The van der Waals surface area contributed by atoms with Crippen LogP contribution in [0.3, 0.4) is 0 Å². The highest BCUT2D eigenvalue weighted by Gasteiger charge is 2.17. The standard InChI is InChI=1S/C28H30N4O3S/c1-19-15-24(23-5-3-4-6-25(23)30-19)21-7-8-26(22(16-21)17-32-10-12-34-13-11-32)35-18-27(33)31-20(2)28-29-9-14-36-28/h3-9,14-16,20H,10-13,17-18H2,1-2H3,(H,31,33)/t20-/m1/s1. The summed E-state index contributed by atoms with van der Waals surface area (Å²) < 4.78 is 11.6. The van der Waals surface area contributed by atoms with Gasteiger partial charge in [0.15, 0.2) is 6.61 Å². The Balaban J connectivity index is 1.40. The Kier molecular flexibility index (Phi) is 7.55. The normalized spacial score (nSPS) is 15.1. The second-order valence-corrected chi connectivity index (χ2v) is 9.91. The van der Waals surface area contributed by atoms with Gasteiger partial charge >= 0.3 is 0 Å². The highest BCUT2D eigenvalue weighted by Crippen LogP contribution is 2.33. The average molecular weight is 503 g/mol. The van der Waals surface area contributed by atoms with Crippen LogP contribution in [0.4, 0.5) is 0 Å². The molecule has 0 radical (unpaired) electrons. The van der Waals surface area contributed by atoms with Gasteiger partial charge in [-0.1, -0.05) is 24.3 Å². The zero-order chi connectivity index (χ0) is 24.9. The van der Waals surface area contributed by atoms with Crippen molar-refractivity contribution in [3.63, 3.8) is 0 Å². The summed E-state index contributed by atoms with van der Waals surface area (Å²) in [7, 11) is 0. The van der Waals surface area contributed by atoms with Crippen molar-refractivity contribution in [2.45, 2.75) is 26.4 Å². The summed E-state index contributed by atoms with van der Waals surface area (Å²) in [6.45, 7) is 7.81. The summed E-state index contributed by atoms with van der Waals surface area (Å²) in [5.41, 5.74) is 5.25. The quantitative estimate of drug-likeness (QED) is 0.375. The fourth-order valence-electron chi connectivity index (χ4n) is 4.49. The molecule has 2 aromatic heterocycles. The van der Waals surface area contributed by atoms with E-state index in [0.29, 0.717) is 0 Å². The highest BCUT2D eigenvalue weighted by atomic mass is 32.1. The predicted octanol–water partition coefficient (Wildman–Crippen LogP) is 4.76. The Morgan fingerprint density at radius 1 is 1.19 bits per heavy atom. The molecule has 0 aliphatic carbocycles. The third kappa shape index (κ3) is 5.73. The number of aryl methyl sites for hydroxylation is 1. The molecule has 0 saturated carbocycles. The Bertz CT molecular complexity index is 1340. The molecule has 1 aliphatic rings. The Morgan fingerprint density at radius 2 is 2.03 bits per heavy atom. The van der Waals surface area contributed by atoms with Crippen LogP contribution in [0.2, 0.25) is 0 Å². The number of pyridine rings is 1. The van der Waals surface area contributed by atoms with Crippen LogP contribution >= 0.6 is 11.3 Å². The zero-order valence-electron chi connectivity index (χ0n) is 20.6. The van der Waals surface area contributed by atoms with Gasteiger partial charge in [-0.2, -0.15) is 0 Å². The molecule has 0 bridgehead atoms. The average Bonchev–Trinajstić information content (AvgIpc) is 3.43. The Morgan fingerprint density at radius 3 is 2.83 bits per heavy atom. The number of nitrogens with one attached hydrogen (secondary N) is 1. The number of carbonyl (C=O) groups is 1. The fourth-order valence-corrected chi connectivity index (χ4v) is 5.14. The summed E-state index contributed by atoms with van der Waals surface area (Å²) in [6, 6.07) is 16.4. The summed E-state index contributed by atoms with van der Waals surface area (Å²) in [6.07, 6.45) is 1.74. The first-order valence-corrected chi connectivity index (χ1v) is 13.1. The monoisotopic (exact) mass is 502 g/mol. The number of ether oxygens (including phenoxy) is 2. The van der Waals surface area contributed by atoms with Crippen LogP contribution in [-0.2, 0) is 16.1 Å². The van der Waals surface area contributed by atoms with E-state index in [4.69, 9.17) is 14.5 Å². The van der Waals surface area contributed by atoms with Gasteiger partial charge in [-0.15, -0.1) is 11.3 Å². The van der Waals surface area contributed by atoms with E-state index in [0.717, 1.165) is 76.9 Å². The molecule has 1 aliphatic heterocycles. The van der Waals surface area contributed by atoms with E-state index in [-0.39, 0.29) is 18.6 Å². The molecular weight excluding hydrogens is 472 g/mol. The SMILES string of the molecule is Cc1cc(-c2ccc(OCC(=O)N[C@H](C)c3nccs3)c(CN3CCOCC3)c2)c2ccccc2n1. The topological polar surface area (TPSA) is 76.6 Å². The molecule has 8 heteroatoms. The Labute approximate surface area is 215 Å². The lowest BCUT2D eigenvalue weighted by Crippen LogP contribution is -2.36. The third-order valence-corrected chi connectivity index (χ3v) is 7.23. The van der Waals surface area contributed by atoms with Crippen LogP contribution in [0.5, 0.6) is 5.75 Å². The molecule has 5 rings (SSSR count). The van der Waals surface area contributed by atoms with Gasteiger partial charge in [0, 0.05) is 47.9 Å². The predicted molar refractivity (Wildman–Crippen MR) is 142 cm³/mol. The second-order valence-electron chi connectivity index (χ2n) is 8.99. The smallest absolute Gasteiger partial charge is 0.258 e. The molecule has 1 saturated heterocycles. The first-order chi connectivity index (χ1) is 17.6. The molecule has 186 valence electrons. The number of aromatic nitrogens is 2. The van der Waals surface area contributed by atoms with E-state index >= 15 is 0 Å². The number of morpholine rings is 1. The third-order valence-electron chi connectivity index (χ3n) is 6.27. The van der Waals surface area contributed by atoms with Gasteiger partial charge in [-0.25, -0.2) is 4.98 Å². The van der Waals surface area contributed by atoms with Gasteiger partial charge in [0.05, 0.1) is 24.8 Å². The Hall–Kier alpha value is -3.33. The summed E-state index contributed by atoms with van der Waals surface area (Å²) >= 11 is 1.52. The molecule has 1 fully saturated rings. The number of para-hydroxylation sites is 1. The summed E-state index contributed by atoms with van der Waals surface area (Å²) in [4.78, 5) is 23.9. The van der Waals surface area contributed by atoms with Crippen molar-refractivity contribution < 1.29 is 14.3 Å².